The Morgan fingerprint density at radius 2 is 1.48 bits per heavy atom. The third-order valence-corrected chi connectivity index (χ3v) is 7.86. The monoisotopic (exact) mass is 417 g/mol. The van der Waals surface area contributed by atoms with Crippen LogP contribution in [-0.2, 0) is 10.2 Å². The molecule has 0 atom stereocenters. The normalized spacial score (nSPS) is 23.7. The van der Waals surface area contributed by atoms with Gasteiger partial charge in [-0.05, 0) is 31.2 Å². The summed E-state index contributed by atoms with van der Waals surface area (Å²) in [5, 5.41) is 9.95. The van der Waals surface area contributed by atoms with E-state index in [1.807, 2.05) is 51.9 Å². The number of benzene rings is 1. The zero-order valence-electron chi connectivity index (χ0n) is 17.0. The summed E-state index contributed by atoms with van der Waals surface area (Å²) in [6, 6.07) is 10.2. The first-order chi connectivity index (χ1) is 14.1. The summed E-state index contributed by atoms with van der Waals surface area (Å²) in [5.41, 5.74) is -0.0303. The molecular weight excluding hydrogens is 386 g/mol. The first-order valence-corrected chi connectivity index (χ1v) is 11.9. The fourth-order valence-electron chi connectivity index (χ4n) is 5.03. The van der Waals surface area contributed by atoms with E-state index in [2.05, 4.69) is 4.90 Å². The van der Waals surface area contributed by atoms with Crippen molar-refractivity contribution in [3.8, 4) is 0 Å². The lowest BCUT2D eigenvalue weighted by atomic mass is 9.73. The molecule has 7 heteroatoms. The van der Waals surface area contributed by atoms with Crippen LogP contribution in [0.3, 0.4) is 0 Å². The van der Waals surface area contributed by atoms with E-state index in [0.717, 1.165) is 31.5 Å². The Morgan fingerprint density at radius 1 is 0.897 bits per heavy atom. The minimum atomic E-state index is -0.878. The van der Waals surface area contributed by atoms with Gasteiger partial charge in [-0.15, -0.1) is 0 Å². The summed E-state index contributed by atoms with van der Waals surface area (Å²) >= 11 is 2.03. The Bertz CT molecular complexity index is 707. The third kappa shape index (κ3) is 4.26. The van der Waals surface area contributed by atoms with Crippen LogP contribution < -0.4 is 0 Å². The van der Waals surface area contributed by atoms with E-state index < -0.39 is 11.4 Å². The smallest absolute Gasteiger partial charge is 0.320 e. The highest BCUT2D eigenvalue weighted by molar-refractivity contribution is 7.99. The van der Waals surface area contributed by atoms with Crippen molar-refractivity contribution in [2.75, 3.05) is 50.8 Å². The lowest BCUT2D eigenvalue weighted by Gasteiger charge is -2.43. The van der Waals surface area contributed by atoms with Crippen molar-refractivity contribution in [1.82, 2.24) is 14.7 Å². The molecule has 1 N–H and O–H groups in total. The minimum absolute atomic E-state index is 0.0877. The van der Waals surface area contributed by atoms with Crippen LogP contribution in [0, 0.1) is 0 Å². The summed E-state index contributed by atoms with van der Waals surface area (Å²) in [6.07, 6.45) is 3.04. The van der Waals surface area contributed by atoms with Crippen LogP contribution in [0.5, 0.6) is 0 Å². The Balaban J connectivity index is 1.33. The topological polar surface area (TPSA) is 64.1 Å². The molecule has 0 radical (unpaired) electrons. The van der Waals surface area contributed by atoms with E-state index in [0.29, 0.717) is 32.0 Å². The fourth-order valence-corrected chi connectivity index (χ4v) is 5.96. The van der Waals surface area contributed by atoms with Gasteiger partial charge in [0.1, 0.15) is 0 Å². The summed E-state index contributed by atoms with van der Waals surface area (Å²) in [5.74, 6) is 1.66. The van der Waals surface area contributed by atoms with Gasteiger partial charge in [-0.2, -0.15) is 11.8 Å². The number of urea groups is 1. The van der Waals surface area contributed by atoms with Gasteiger partial charge >= 0.3 is 12.0 Å². The second-order valence-corrected chi connectivity index (χ2v) is 9.61. The molecule has 3 fully saturated rings. The van der Waals surface area contributed by atoms with Gasteiger partial charge in [0.25, 0.3) is 0 Å². The van der Waals surface area contributed by atoms with Crippen LogP contribution in [-0.4, -0.2) is 88.6 Å². The molecule has 4 rings (SSSR count). The molecule has 0 spiro atoms. The predicted octanol–water partition coefficient (Wildman–Crippen LogP) is 2.74. The van der Waals surface area contributed by atoms with Crippen LogP contribution in [0.2, 0.25) is 0 Å². The standard InChI is InChI=1S/C22H31N3O3S/c26-20(27)22(18-4-2-1-3-5-18)8-12-25(13-9-22)21(28)24-10-6-19(7-11-24)23-14-16-29-17-15-23/h1-5,19H,6-17H2,(H,26,27). The maximum atomic E-state index is 13.0. The lowest BCUT2D eigenvalue weighted by Crippen LogP contribution is -2.55. The highest BCUT2D eigenvalue weighted by Gasteiger charge is 2.44. The molecule has 3 saturated heterocycles. The van der Waals surface area contributed by atoms with Crippen molar-refractivity contribution in [2.45, 2.75) is 37.1 Å². The maximum Gasteiger partial charge on any atom is 0.320 e. The number of piperidine rings is 2. The highest BCUT2D eigenvalue weighted by Crippen LogP contribution is 2.36. The number of carbonyl (C=O) groups is 2. The van der Waals surface area contributed by atoms with Gasteiger partial charge in [0.05, 0.1) is 5.41 Å². The Hall–Kier alpha value is -1.73. The quantitative estimate of drug-likeness (QED) is 0.819. The second kappa shape index (κ2) is 8.96. The molecule has 0 bridgehead atoms. The molecule has 0 aliphatic carbocycles. The second-order valence-electron chi connectivity index (χ2n) is 8.39. The Labute approximate surface area is 177 Å². The van der Waals surface area contributed by atoms with Crippen molar-refractivity contribution >= 4 is 23.8 Å². The molecule has 0 aromatic heterocycles. The van der Waals surface area contributed by atoms with Crippen molar-refractivity contribution in [3.63, 3.8) is 0 Å². The molecule has 0 unspecified atom stereocenters. The molecule has 3 aliphatic rings. The number of nitrogens with zero attached hydrogens (tertiary/aromatic N) is 3. The van der Waals surface area contributed by atoms with E-state index in [9.17, 15) is 14.7 Å². The summed E-state index contributed by atoms with van der Waals surface area (Å²) < 4.78 is 0. The molecule has 6 nitrogen and oxygen atoms in total. The number of rotatable bonds is 3. The van der Waals surface area contributed by atoms with E-state index in [-0.39, 0.29) is 6.03 Å². The van der Waals surface area contributed by atoms with E-state index in [1.165, 1.54) is 24.6 Å². The summed E-state index contributed by atoms with van der Waals surface area (Å²) in [6.45, 7) is 4.98. The largest absolute Gasteiger partial charge is 0.481 e. The van der Waals surface area contributed by atoms with Crippen LogP contribution in [0.1, 0.15) is 31.2 Å². The molecule has 2 amide bonds. The zero-order chi connectivity index (χ0) is 20.3. The van der Waals surface area contributed by atoms with Gasteiger partial charge in [-0.25, -0.2) is 4.79 Å². The van der Waals surface area contributed by atoms with Crippen LogP contribution in [0.25, 0.3) is 0 Å². The number of hydrogen-bond donors (Lipinski definition) is 1. The van der Waals surface area contributed by atoms with Crippen LogP contribution >= 0.6 is 11.8 Å². The molecule has 3 heterocycles. The lowest BCUT2D eigenvalue weighted by molar-refractivity contribution is -0.145. The van der Waals surface area contributed by atoms with Crippen molar-refractivity contribution in [2.24, 2.45) is 0 Å². The van der Waals surface area contributed by atoms with E-state index in [4.69, 9.17) is 0 Å². The fraction of sp³-hybridized carbons (Fsp3) is 0.636. The number of likely N-dealkylation sites (tertiary alicyclic amines) is 2. The zero-order valence-corrected chi connectivity index (χ0v) is 17.8. The first kappa shape index (κ1) is 20.5. The molecule has 0 saturated carbocycles. The number of carboxylic acid groups (broad SMARTS) is 1. The first-order valence-electron chi connectivity index (χ1n) is 10.7. The molecule has 158 valence electrons. The van der Waals surface area contributed by atoms with Gasteiger partial charge < -0.3 is 14.9 Å². The van der Waals surface area contributed by atoms with Crippen LogP contribution in [0.15, 0.2) is 30.3 Å². The van der Waals surface area contributed by atoms with Gasteiger partial charge in [-0.3, -0.25) is 9.69 Å². The van der Waals surface area contributed by atoms with E-state index in [1.54, 1.807) is 0 Å². The molecule has 3 aliphatic heterocycles. The SMILES string of the molecule is O=C(N1CCC(N2CCSCC2)CC1)N1CCC(C(=O)O)(c2ccccc2)CC1. The number of amides is 2. The van der Waals surface area contributed by atoms with Crippen molar-refractivity contribution in [3.05, 3.63) is 35.9 Å². The third-order valence-electron chi connectivity index (χ3n) is 6.92. The van der Waals surface area contributed by atoms with Crippen molar-refractivity contribution in [1.29, 1.82) is 0 Å². The van der Waals surface area contributed by atoms with Crippen molar-refractivity contribution < 1.29 is 14.7 Å². The van der Waals surface area contributed by atoms with E-state index >= 15 is 0 Å². The van der Waals surface area contributed by atoms with Gasteiger partial charge in [0, 0.05) is 56.8 Å². The molecule has 1 aromatic rings. The maximum absolute atomic E-state index is 13.0. The number of carboxylic acids is 1. The van der Waals surface area contributed by atoms with Gasteiger partial charge in [0.15, 0.2) is 0 Å². The molecule has 29 heavy (non-hydrogen) atoms. The van der Waals surface area contributed by atoms with Gasteiger partial charge in [-0.1, -0.05) is 30.3 Å². The average Bonchev–Trinajstić information content (AvgIpc) is 2.80. The Kier molecular flexibility index (Phi) is 6.35. The predicted molar refractivity (Wildman–Crippen MR) is 115 cm³/mol. The number of carbonyl (C=O) groups excluding carboxylic acids is 1. The number of hydrogen-bond acceptors (Lipinski definition) is 4. The number of aliphatic carboxylic acids is 1. The summed E-state index contributed by atoms with van der Waals surface area (Å²) in [4.78, 5) is 31.6. The Morgan fingerprint density at radius 3 is 2.07 bits per heavy atom. The summed E-state index contributed by atoms with van der Waals surface area (Å²) in [7, 11) is 0. The van der Waals surface area contributed by atoms with Gasteiger partial charge in [0.2, 0.25) is 0 Å². The number of thioether (sulfide) groups is 1. The average molecular weight is 418 g/mol. The highest BCUT2D eigenvalue weighted by atomic mass is 32.2. The molecule has 1 aromatic carbocycles. The van der Waals surface area contributed by atoms with Crippen LogP contribution in [0.4, 0.5) is 4.79 Å². The molecular formula is C22H31N3O3S. The minimum Gasteiger partial charge on any atom is -0.481 e.